The quantitative estimate of drug-likeness (QED) is 0.820. The smallest absolute Gasteiger partial charge is 0.0320 e. The Morgan fingerprint density at radius 3 is 2.43 bits per heavy atom. The van der Waals surface area contributed by atoms with Gasteiger partial charge in [0.15, 0.2) is 0 Å². The molecular formula is C12H10BrN. The summed E-state index contributed by atoms with van der Waals surface area (Å²) in [4.78, 5) is 0. The predicted octanol–water partition coefficient (Wildman–Crippen LogP) is 3.53. The molecule has 2 aromatic rings. The van der Waals surface area contributed by atoms with Crippen LogP contribution in [0.3, 0.4) is 0 Å². The SMILES string of the molecule is C=C(N)c1cccc2c(Br)cccc12. The number of fused-ring (bicyclic) bond motifs is 1. The molecule has 0 bridgehead atoms. The minimum Gasteiger partial charge on any atom is -0.399 e. The third-order valence-corrected chi connectivity index (χ3v) is 2.91. The molecular weight excluding hydrogens is 238 g/mol. The minimum absolute atomic E-state index is 0.605. The van der Waals surface area contributed by atoms with Gasteiger partial charge >= 0.3 is 0 Å². The second-order valence-corrected chi connectivity index (χ2v) is 4.02. The zero-order valence-electron chi connectivity index (χ0n) is 7.63. The molecule has 0 saturated heterocycles. The zero-order valence-corrected chi connectivity index (χ0v) is 9.21. The predicted molar refractivity (Wildman–Crippen MR) is 64.9 cm³/mol. The van der Waals surface area contributed by atoms with Crippen molar-refractivity contribution in [1.29, 1.82) is 0 Å². The van der Waals surface area contributed by atoms with Gasteiger partial charge < -0.3 is 5.73 Å². The van der Waals surface area contributed by atoms with E-state index in [9.17, 15) is 0 Å². The van der Waals surface area contributed by atoms with E-state index < -0.39 is 0 Å². The van der Waals surface area contributed by atoms with Crippen molar-refractivity contribution in [3.8, 4) is 0 Å². The Labute approximate surface area is 91.4 Å². The largest absolute Gasteiger partial charge is 0.399 e. The van der Waals surface area contributed by atoms with Crippen molar-refractivity contribution in [2.24, 2.45) is 5.73 Å². The van der Waals surface area contributed by atoms with Crippen LogP contribution in [0.15, 0.2) is 47.4 Å². The zero-order chi connectivity index (χ0) is 10.1. The summed E-state index contributed by atoms with van der Waals surface area (Å²) in [6.07, 6.45) is 0. The molecule has 0 spiro atoms. The summed E-state index contributed by atoms with van der Waals surface area (Å²) in [6, 6.07) is 12.1. The molecule has 0 unspecified atom stereocenters. The lowest BCUT2D eigenvalue weighted by molar-refractivity contribution is 1.57. The first-order valence-corrected chi connectivity index (χ1v) is 5.11. The van der Waals surface area contributed by atoms with Gasteiger partial charge in [0.25, 0.3) is 0 Å². The molecule has 0 aromatic heterocycles. The highest BCUT2D eigenvalue weighted by Crippen LogP contribution is 2.27. The first-order valence-electron chi connectivity index (χ1n) is 4.32. The average Bonchev–Trinajstić information content (AvgIpc) is 2.17. The number of hydrogen-bond donors (Lipinski definition) is 1. The number of halogens is 1. The number of rotatable bonds is 1. The van der Waals surface area contributed by atoms with Crippen LogP contribution >= 0.6 is 15.9 Å². The Morgan fingerprint density at radius 1 is 1.07 bits per heavy atom. The molecule has 0 saturated carbocycles. The van der Waals surface area contributed by atoms with Crippen molar-refractivity contribution >= 4 is 32.4 Å². The van der Waals surface area contributed by atoms with Crippen LogP contribution in [0, 0.1) is 0 Å². The maximum Gasteiger partial charge on any atom is 0.0320 e. The van der Waals surface area contributed by atoms with E-state index >= 15 is 0 Å². The van der Waals surface area contributed by atoms with Gasteiger partial charge in [0.2, 0.25) is 0 Å². The van der Waals surface area contributed by atoms with Crippen LogP contribution in [-0.2, 0) is 0 Å². The van der Waals surface area contributed by atoms with Crippen molar-refractivity contribution < 1.29 is 0 Å². The van der Waals surface area contributed by atoms with Gasteiger partial charge in [-0.25, -0.2) is 0 Å². The molecule has 0 fully saturated rings. The maximum absolute atomic E-state index is 5.72. The second-order valence-electron chi connectivity index (χ2n) is 3.17. The first kappa shape index (κ1) is 9.28. The summed E-state index contributed by atoms with van der Waals surface area (Å²) in [5.41, 5.74) is 7.33. The first-order chi connectivity index (χ1) is 6.70. The molecule has 2 rings (SSSR count). The van der Waals surface area contributed by atoms with Crippen LogP contribution in [0.5, 0.6) is 0 Å². The van der Waals surface area contributed by atoms with E-state index in [1.54, 1.807) is 0 Å². The van der Waals surface area contributed by atoms with Crippen molar-refractivity contribution in [3.05, 3.63) is 53.0 Å². The number of hydrogen-bond acceptors (Lipinski definition) is 1. The van der Waals surface area contributed by atoms with Gasteiger partial charge in [0.05, 0.1) is 0 Å². The third-order valence-electron chi connectivity index (χ3n) is 2.21. The summed E-state index contributed by atoms with van der Waals surface area (Å²) >= 11 is 3.51. The molecule has 2 heteroatoms. The normalized spacial score (nSPS) is 10.4. The van der Waals surface area contributed by atoms with E-state index in [2.05, 4.69) is 28.6 Å². The summed E-state index contributed by atoms with van der Waals surface area (Å²) < 4.78 is 1.08. The Balaban J connectivity index is 2.88. The van der Waals surface area contributed by atoms with E-state index in [1.165, 1.54) is 0 Å². The summed E-state index contributed by atoms with van der Waals surface area (Å²) in [7, 11) is 0. The van der Waals surface area contributed by atoms with Crippen LogP contribution in [0.2, 0.25) is 0 Å². The van der Waals surface area contributed by atoms with Gasteiger partial charge in [0, 0.05) is 15.7 Å². The Hall–Kier alpha value is -1.28. The van der Waals surface area contributed by atoms with Gasteiger partial charge in [0.1, 0.15) is 0 Å². The van der Waals surface area contributed by atoms with Crippen molar-refractivity contribution in [1.82, 2.24) is 0 Å². The fourth-order valence-electron chi connectivity index (χ4n) is 1.55. The van der Waals surface area contributed by atoms with Crippen molar-refractivity contribution in [3.63, 3.8) is 0 Å². The van der Waals surface area contributed by atoms with Crippen molar-refractivity contribution in [2.45, 2.75) is 0 Å². The van der Waals surface area contributed by atoms with Crippen LogP contribution < -0.4 is 5.73 Å². The molecule has 2 N–H and O–H groups in total. The molecule has 14 heavy (non-hydrogen) atoms. The molecule has 0 heterocycles. The highest BCUT2D eigenvalue weighted by atomic mass is 79.9. The molecule has 0 aliphatic carbocycles. The van der Waals surface area contributed by atoms with Gasteiger partial charge in [-0.2, -0.15) is 0 Å². The second kappa shape index (κ2) is 3.46. The van der Waals surface area contributed by atoms with Crippen LogP contribution in [0.25, 0.3) is 16.5 Å². The van der Waals surface area contributed by atoms with Gasteiger partial charge in [-0.1, -0.05) is 52.8 Å². The molecule has 0 atom stereocenters. The fraction of sp³-hybridized carbons (Fsp3) is 0. The monoisotopic (exact) mass is 247 g/mol. The van der Waals surface area contributed by atoms with Gasteiger partial charge in [-0.3, -0.25) is 0 Å². The molecule has 2 aromatic carbocycles. The topological polar surface area (TPSA) is 26.0 Å². The molecule has 0 amide bonds. The third kappa shape index (κ3) is 1.42. The molecule has 1 nitrogen and oxygen atoms in total. The van der Waals surface area contributed by atoms with Crippen LogP contribution in [0.4, 0.5) is 0 Å². The molecule has 0 aliphatic rings. The molecule has 0 radical (unpaired) electrons. The van der Waals surface area contributed by atoms with E-state index in [1.807, 2.05) is 30.3 Å². The van der Waals surface area contributed by atoms with E-state index in [4.69, 9.17) is 5.73 Å². The van der Waals surface area contributed by atoms with Crippen LogP contribution in [0.1, 0.15) is 5.56 Å². The molecule has 0 aliphatic heterocycles. The number of benzene rings is 2. The lowest BCUT2D eigenvalue weighted by atomic mass is 10.0. The Morgan fingerprint density at radius 2 is 1.71 bits per heavy atom. The number of nitrogens with two attached hydrogens (primary N) is 1. The highest BCUT2D eigenvalue weighted by Gasteiger charge is 2.03. The van der Waals surface area contributed by atoms with Crippen molar-refractivity contribution in [2.75, 3.05) is 0 Å². The van der Waals surface area contributed by atoms with Gasteiger partial charge in [-0.05, 0) is 16.8 Å². The Bertz CT molecular complexity index is 503. The summed E-state index contributed by atoms with van der Waals surface area (Å²) in [5, 5.41) is 2.30. The molecule has 70 valence electrons. The minimum atomic E-state index is 0.605. The lowest BCUT2D eigenvalue weighted by Crippen LogP contribution is -1.94. The van der Waals surface area contributed by atoms with E-state index in [-0.39, 0.29) is 0 Å². The van der Waals surface area contributed by atoms with E-state index in [0.717, 1.165) is 20.8 Å². The Kier molecular flexibility index (Phi) is 2.30. The standard InChI is InChI=1S/C12H10BrN/c1-8(14)9-4-2-6-11-10(9)5-3-7-12(11)13/h2-7H,1,14H2. The fourth-order valence-corrected chi connectivity index (χ4v) is 2.05. The summed E-state index contributed by atoms with van der Waals surface area (Å²) in [6.45, 7) is 3.77. The summed E-state index contributed by atoms with van der Waals surface area (Å²) in [5.74, 6) is 0. The van der Waals surface area contributed by atoms with Gasteiger partial charge in [-0.15, -0.1) is 0 Å². The maximum atomic E-state index is 5.72. The van der Waals surface area contributed by atoms with E-state index in [0.29, 0.717) is 5.70 Å². The lowest BCUT2D eigenvalue weighted by Gasteiger charge is -2.06. The highest BCUT2D eigenvalue weighted by molar-refractivity contribution is 9.10. The van der Waals surface area contributed by atoms with Crippen LogP contribution in [-0.4, -0.2) is 0 Å². The average molecular weight is 248 g/mol.